The molecule has 2 heterocycles. The lowest BCUT2D eigenvalue weighted by Crippen LogP contribution is -2.40. The molecule has 0 radical (unpaired) electrons. The van der Waals surface area contributed by atoms with Gasteiger partial charge in [0, 0.05) is 25.2 Å². The number of carbonyl (C=O) groups excluding carboxylic acids is 1. The van der Waals surface area contributed by atoms with Crippen LogP contribution in [0.5, 0.6) is 0 Å². The molecule has 0 saturated carbocycles. The van der Waals surface area contributed by atoms with E-state index in [1.54, 1.807) is 24.3 Å². The van der Waals surface area contributed by atoms with E-state index in [1.165, 1.54) is 10.7 Å². The number of anilines is 1. The Balaban J connectivity index is 1.56. The minimum Gasteiger partial charge on any atom is -0.352 e. The smallest absolute Gasteiger partial charge is 0.251 e. The molecule has 0 bridgehead atoms. The molecule has 1 aromatic carbocycles. The monoisotopic (exact) mass is 365 g/mol. The number of rotatable bonds is 5. The number of nitrogens with one attached hydrogen (secondary N) is 1. The fourth-order valence-corrected chi connectivity index (χ4v) is 5.22. The van der Waals surface area contributed by atoms with Crippen LogP contribution in [0.25, 0.3) is 0 Å². The van der Waals surface area contributed by atoms with Gasteiger partial charge in [-0.05, 0) is 62.5 Å². The average Bonchev–Trinajstić information content (AvgIpc) is 2.99. The number of hydrogen-bond acceptors (Lipinski definition) is 4. The maximum atomic E-state index is 12.3. The summed E-state index contributed by atoms with van der Waals surface area (Å²) in [6.45, 7) is 6.64. The third kappa shape index (κ3) is 4.33. The molecule has 1 aromatic rings. The van der Waals surface area contributed by atoms with Crippen molar-refractivity contribution < 1.29 is 13.2 Å². The van der Waals surface area contributed by atoms with Crippen molar-refractivity contribution in [2.75, 3.05) is 42.8 Å². The zero-order chi connectivity index (χ0) is 17.9. The number of sulfonamides is 1. The SMILES string of the molecule is CCN1CCC[C@H](CNC(=O)c2ccc(N3CCCS3(=O)=O)cc2)C1. The number of carbonyl (C=O) groups is 1. The molecular formula is C18H27N3O3S. The van der Waals surface area contributed by atoms with Crippen molar-refractivity contribution in [3.8, 4) is 0 Å². The van der Waals surface area contributed by atoms with E-state index in [1.807, 2.05) is 0 Å². The van der Waals surface area contributed by atoms with Gasteiger partial charge in [0.05, 0.1) is 11.4 Å². The number of piperidine rings is 1. The number of hydrogen-bond donors (Lipinski definition) is 1. The van der Waals surface area contributed by atoms with Crippen LogP contribution in [0, 0.1) is 5.92 Å². The second kappa shape index (κ2) is 7.74. The van der Waals surface area contributed by atoms with Gasteiger partial charge in [-0.1, -0.05) is 6.92 Å². The van der Waals surface area contributed by atoms with Gasteiger partial charge in [0.15, 0.2) is 0 Å². The molecule has 138 valence electrons. The lowest BCUT2D eigenvalue weighted by Gasteiger charge is -2.31. The average molecular weight is 365 g/mol. The molecule has 1 N–H and O–H groups in total. The molecule has 2 fully saturated rings. The Morgan fingerprint density at radius 1 is 1.20 bits per heavy atom. The highest BCUT2D eigenvalue weighted by Gasteiger charge is 2.28. The minimum absolute atomic E-state index is 0.0931. The van der Waals surface area contributed by atoms with Crippen LogP contribution in [0.2, 0.25) is 0 Å². The molecule has 2 aliphatic heterocycles. The van der Waals surface area contributed by atoms with Crippen LogP contribution >= 0.6 is 0 Å². The number of nitrogens with zero attached hydrogens (tertiary/aromatic N) is 2. The summed E-state index contributed by atoms with van der Waals surface area (Å²) >= 11 is 0. The van der Waals surface area contributed by atoms with Crippen molar-refractivity contribution in [3.05, 3.63) is 29.8 Å². The Morgan fingerprint density at radius 2 is 1.96 bits per heavy atom. The molecule has 0 aromatic heterocycles. The summed E-state index contributed by atoms with van der Waals surface area (Å²) in [4.78, 5) is 14.8. The lowest BCUT2D eigenvalue weighted by molar-refractivity contribution is 0.0933. The van der Waals surface area contributed by atoms with Crippen molar-refractivity contribution in [1.82, 2.24) is 10.2 Å². The third-order valence-electron chi connectivity index (χ3n) is 5.12. The van der Waals surface area contributed by atoms with E-state index in [9.17, 15) is 13.2 Å². The Kier molecular flexibility index (Phi) is 5.64. The van der Waals surface area contributed by atoms with Crippen molar-refractivity contribution in [3.63, 3.8) is 0 Å². The van der Waals surface area contributed by atoms with E-state index in [2.05, 4.69) is 17.1 Å². The van der Waals surface area contributed by atoms with E-state index in [-0.39, 0.29) is 11.7 Å². The van der Waals surface area contributed by atoms with Crippen LogP contribution in [0.3, 0.4) is 0 Å². The van der Waals surface area contributed by atoms with Crippen LogP contribution in [-0.4, -0.2) is 57.7 Å². The van der Waals surface area contributed by atoms with Crippen LogP contribution in [0.4, 0.5) is 5.69 Å². The Morgan fingerprint density at radius 3 is 2.60 bits per heavy atom. The topological polar surface area (TPSA) is 69.7 Å². The molecule has 1 atom stereocenters. The van der Waals surface area contributed by atoms with E-state index >= 15 is 0 Å². The highest BCUT2D eigenvalue weighted by molar-refractivity contribution is 7.93. The van der Waals surface area contributed by atoms with Crippen LogP contribution in [0.1, 0.15) is 36.5 Å². The maximum Gasteiger partial charge on any atom is 0.251 e. The Hall–Kier alpha value is -1.60. The van der Waals surface area contributed by atoms with E-state index < -0.39 is 10.0 Å². The molecule has 2 aliphatic rings. The molecule has 3 rings (SSSR count). The first-order valence-corrected chi connectivity index (χ1v) is 10.7. The molecule has 2 saturated heterocycles. The molecule has 7 heteroatoms. The number of benzene rings is 1. The molecular weight excluding hydrogens is 338 g/mol. The van der Waals surface area contributed by atoms with Crippen LogP contribution in [0.15, 0.2) is 24.3 Å². The fourth-order valence-electron chi connectivity index (χ4n) is 3.65. The van der Waals surface area contributed by atoms with Gasteiger partial charge in [0.1, 0.15) is 0 Å². The summed E-state index contributed by atoms with van der Waals surface area (Å²) in [5, 5.41) is 3.02. The Labute approximate surface area is 150 Å². The van der Waals surface area contributed by atoms with E-state index in [0.717, 1.165) is 26.1 Å². The van der Waals surface area contributed by atoms with Gasteiger partial charge < -0.3 is 10.2 Å². The van der Waals surface area contributed by atoms with Crippen molar-refractivity contribution in [2.45, 2.75) is 26.2 Å². The lowest BCUT2D eigenvalue weighted by atomic mass is 9.98. The molecule has 1 amide bonds. The second-order valence-electron chi connectivity index (χ2n) is 6.90. The molecule has 0 spiro atoms. The summed E-state index contributed by atoms with van der Waals surface area (Å²) in [6.07, 6.45) is 3.00. The van der Waals surface area contributed by atoms with Crippen molar-refractivity contribution in [2.24, 2.45) is 5.92 Å². The predicted molar refractivity (Wildman–Crippen MR) is 99.4 cm³/mol. The molecule has 25 heavy (non-hydrogen) atoms. The quantitative estimate of drug-likeness (QED) is 0.862. The second-order valence-corrected chi connectivity index (χ2v) is 8.91. The summed E-state index contributed by atoms with van der Waals surface area (Å²) in [5.74, 6) is 0.613. The third-order valence-corrected chi connectivity index (χ3v) is 6.99. The first-order chi connectivity index (χ1) is 12.0. The number of likely N-dealkylation sites (tertiary alicyclic amines) is 1. The van der Waals surface area contributed by atoms with Crippen LogP contribution < -0.4 is 9.62 Å². The normalized spacial score (nSPS) is 23.6. The number of amides is 1. The molecule has 0 aliphatic carbocycles. The highest BCUT2D eigenvalue weighted by atomic mass is 32.2. The first kappa shape index (κ1) is 18.2. The zero-order valence-corrected chi connectivity index (χ0v) is 15.6. The standard InChI is InChI=1S/C18H27N3O3S/c1-2-20-10-3-5-15(14-20)13-19-18(22)16-6-8-17(9-7-16)21-11-4-12-25(21,23)24/h6-9,15H,2-5,10-14H2,1H3,(H,19,22)/t15-/m1/s1. The van der Waals surface area contributed by atoms with Crippen LogP contribution in [-0.2, 0) is 10.0 Å². The van der Waals surface area contributed by atoms with E-state index in [0.29, 0.717) is 36.7 Å². The predicted octanol–water partition coefficient (Wildman–Crippen LogP) is 1.69. The van der Waals surface area contributed by atoms with Gasteiger partial charge in [0.25, 0.3) is 5.91 Å². The van der Waals surface area contributed by atoms with Gasteiger partial charge in [-0.15, -0.1) is 0 Å². The van der Waals surface area contributed by atoms with Gasteiger partial charge >= 0.3 is 0 Å². The zero-order valence-electron chi connectivity index (χ0n) is 14.8. The summed E-state index contributed by atoms with van der Waals surface area (Å²) in [5.41, 5.74) is 1.21. The molecule has 6 nitrogen and oxygen atoms in total. The fraction of sp³-hybridized carbons (Fsp3) is 0.611. The van der Waals surface area contributed by atoms with Crippen molar-refractivity contribution in [1.29, 1.82) is 0 Å². The summed E-state index contributed by atoms with van der Waals surface area (Å²) < 4.78 is 25.3. The highest BCUT2D eigenvalue weighted by Crippen LogP contribution is 2.24. The largest absolute Gasteiger partial charge is 0.352 e. The molecule has 0 unspecified atom stereocenters. The van der Waals surface area contributed by atoms with Gasteiger partial charge in [-0.25, -0.2) is 8.42 Å². The summed E-state index contributed by atoms with van der Waals surface area (Å²) in [6, 6.07) is 6.85. The van der Waals surface area contributed by atoms with Gasteiger partial charge in [-0.3, -0.25) is 9.10 Å². The maximum absolute atomic E-state index is 12.3. The van der Waals surface area contributed by atoms with E-state index in [4.69, 9.17) is 0 Å². The van der Waals surface area contributed by atoms with Gasteiger partial charge in [-0.2, -0.15) is 0 Å². The summed E-state index contributed by atoms with van der Waals surface area (Å²) in [7, 11) is -3.18. The Bertz CT molecular complexity index is 703. The van der Waals surface area contributed by atoms with Gasteiger partial charge in [0.2, 0.25) is 10.0 Å². The minimum atomic E-state index is -3.18. The van der Waals surface area contributed by atoms with Crippen molar-refractivity contribution >= 4 is 21.6 Å². The first-order valence-electron chi connectivity index (χ1n) is 9.10.